The van der Waals surface area contributed by atoms with Crippen LogP contribution in [0.5, 0.6) is 0 Å². The zero-order valence-corrected chi connectivity index (χ0v) is 11.5. The van der Waals surface area contributed by atoms with Gasteiger partial charge in [-0.3, -0.25) is 5.43 Å². The SMILES string of the molecule is CCCCCCCCCCNN1CCOCC1.[H+]. The predicted octanol–water partition coefficient (Wildman–Crippen LogP) is 3.08. The maximum absolute atomic E-state index is 5.31. The number of hydrogen-bond acceptors (Lipinski definition) is 3. The number of hydrogen-bond donors (Lipinski definition) is 1. The molecule has 1 N–H and O–H groups in total. The highest BCUT2D eigenvalue weighted by atomic mass is 16.5. The summed E-state index contributed by atoms with van der Waals surface area (Å²) in [4.78, 5) is 0. The zero-order valence-electron chi connectivity index (χ0n) is 12.5. The van der Waals surface area contributed by atoms with Crippen LogP contribution in [-0.4, -0.2) is 37.9 Å². The number of rotatable bonds is 10. The molecule has 0 aromatic carbocycles. The van der Waals surface area contributed by atoms with Crippen LogP contribution in [0.25, 0.3) is 0 Å². The Morgan fingerprint density at radius 1 is 0.941 bits per heavy atom. The van der Waals surface area contributed by atoms with Gasteiger partial charge in [0.05, 0.1) is 13.2 Å². The third kappa shape index (κ3) is 8.58. The summed E-state index contributed by atoms with van der Waals surface area (Å²) in [5, 5.41) is 2.30. The van der Waals surface area contributed by atoms with Crippen molar-refractivity contribution in [1.29, 1.82) is 0 Å². The molecule has 17 heavy (non-hydrogen) atoms. The normalized spacial score (nSPS) is 17.5. The second kappa shape index (κ2) is 11.0. The molecule has 1 aliphatic heterocycles. The van der Waals surface area contributed by atoms with Gasteiger partial charge >= 0.3 is 1.43 Å². The van der Waals surface area contributed by atoms with Crippen LogP contribution in [0.2, 0.25) is 0 Å². The highest BCUT2D eigenvalue weighted by Crippen LogP contribution is 2.07. The lowest BCUT2D eigenvalue weighted by atomic mass is 10.1. The van der Waals surface area contributed by atoms with E-state index in [9.17, 15) is 0 Å². The third-order valence-electron chi connectivity index (χ3n) is 3.38. The van der Waals surface area contributed by atoms with E-state index >= 15 is 0 Å². The molecule has 0 bridgehead atoms. The summed E-state index contributed by atoms with van der Waals surface area (Å²) in [5.74, 6) is 0. The van der Waals surface area contributed by atoms with Gasteiger partial charge in [-0.2, -0.15) is 0 Å². The molecule has 1 saturated heterocycles. The van der Waals surface area contributed by atoms with Gasteiger partial charge in [-0.25, -0.2) is 5.01 Å². The summed E-state index contributed by atoms with van der Waals surface area (Å²) in [7, 11) is 0. The molecule has 0 saturated carbocycles. The predicted molar refractivity (Wildman–Crippen MR) is 74.1 cm³/mol. The standard InChI is InChI=1S/C14H30N2O/c1-2-3-4-5-6-7-8-9-10-15-16-11-13-17-14-12-16/h15H,2-14H2,1H3/p+1. The molecule has 0 aliphatic carbocycles. The number of nitrogens with one attached hydrogen (secondary N) is 1. The summed E-state index contributed by atoms with van der Waals surface area (Å²) in [6.45, 7) is 7.25. The molecule has 102 valence electrons. The van der Waals surface area contributed by atoms with E-state index in [0.717, 1.165) is 32.8 Å². The first-order chi connectivity index (χ1) is 8.43. The molecule has 3 heteroatoms. The molecule has 1 heterocycles. The lowest BCUT2D eigenvalue weighted by Gasteiger charge is -2.27. The van der Waals surface area contributed by atoms with Crippen molar-refractivity contribution in [2.45, 2.75) is 58.3 Å². The highest BCUT2D eigenvalue weighted by Gasteiger charge is 2.08. The maximum atomic E-state index is 5.31. The van der Waals surface area contributed by atoms with Crippen molar-refractivity contribution in [2.75, 3.05) is 32.8 Å². The molecule has 0 spiro atoms. The maximum Gasteiger partial charge on any atom is 1.00 e. The average molecular weight is 243 g/mol. The van der Waals surface area contributed by atoms with E-state index in [2.05, 4.69) is 17.4 Å². The first-order valence-electron chi connectivity index (χ1n) is 7.49. The average Bonchev–Trinajstić information content (AvgIpc) is 2.38. The van der Waals surface area contributed by atoms with Gasteiger partial charge in [0, 0.05) is 19.6 Å². The van der Waals surface area contributed by atoms with Crippen LogP contribution >= 0.6 is 0 Å². The van der Waals surface area contributed by atoms with Gasteiger partial charge in [-0.15, -0.1) is 0 Å². The van der Waals surface area contributed by atoms with Crippen molar-refractivity contribution in [3.8, 4) is 0 Å². The molecule has 1 fully saturated rings. The van der Waals surface area contributed by atoms with E-state index < -0.39 is 0 Å². The van der Waals surface area contributed by atoms with Gasteiger partial charge in [0.1, 0.15) is 0 Å². The number of morpholine rings is 1. The van der Waals surface area contributed by atoms with E-state index in [1.54, 1.807) is 0 Å². The Kier molecular flexibility index (Phi) is 9.66. The first-order valence-corrected chi connectivity index (χ1v) is 7.49. The van der Waals surface area contributed by atoms with Crippen LogP contribution in [0.4, 0.5) is 0 Å². The summed E-state index contributed by atoms with van der Waals surface area (Å²) in [5.41, 5.74) is 3.49. The Morgan fingerprint density at radius 3 is 2.18 bits per heavy atom. The second-order valence-corrected chi connectivity index (χ2v) is 4.98. The first kappa shape index (κ1) is 14.9. The molecule has 3 nitrogen and oxygen atoms in total. The molecule has 0 aromatic heterocycles. The third-order valence-corrected chi connectivity index (χ3v) is 3.38. The molecule has 1 rings (SSSR count). The van der Waals surface area contributed by atoms with Gasteiger partial charge in [-0.1, -0.05) is 51.9 Å². The number of unbranched alkanes of at least 4 members (excludes halogenated alkanes) is 7. The van der Waals surface area contributed by atoms with Crippen LogP contribution in [-0.2, 0) is 4.74 Å². The van der Waals surface area contributed by atoms with Crippen molar-refractivity contribution in [2.24, 2.45) is 0 Å². The minimum atomic E-state index is 0. The van der Waals surface area contributed by atoms with Crippen LogP contribution in [0.1, 0.15) is 59.7 Å². The van der Waals surface area contributed by atoms with Crippen LogP contribution in [0.15, 0.2) is 0 Å². The molecular formula is C14H31N2O+. The highest BCUT2D eigenvalue weighted by molar-refractivity contribution is 4.57. The summed E-state index contributed by atoms with van der Waals surface area (Å²) >= 11 is 0. The van der Waals surface area contributed by atoms with Crippen LogP contribution < -0.4 is 5.43 Å². The van der Waals surface area contributed by atoms with Crippen LogP contribution in [0, 0.1) is 0 Å². The van der Waals surface area contributed by atoms with Gasteiger partial charge in [-0.05, 0) is 6.42 Å². The van der Waals surface area contributed by atoms with E-state index in [1.165, 1.54) is 51.4 Å². The molecule has 0 aromatic rings. The molecule has 1 aliphatic rings. The molecule has 0 amide bonds. The van der Waals surface area contributed by atoms with Crippen molar-refractivity contribution >= 4 is 0 Å². The fourth-order valence-electron chi connectivity index (χ4n) is 2.22. The van der Waals surface area contributed by atoms with Crippen molar-refractivity contribution < 1.29 is 6.16 Å². The Morgan fingerprint density at radius 2 is 1.53 bits per heavy atom. The minimum absolute atomic E-state index is 0. The van der Waals surface area contributed by atoms with E-state index in [4.69, 9.17) is 4.74 Å². The van der Waals surface area contributed by atoms with Gasteiger partial charge in [0.15, 0.2) is 0 Å². The number of ether oxygens (including phenoxy) is 1. The summed E-state index contributed by atoms with van der Waals surface area (Å²) < 4.78 is 5.31. The van der Waals surface area contributed by atoms with Crippen molar-refractivity contribution in [3.63, 3.8) is 0 Å². The zero-order chi connectivity index (χ0) is 12.2. The monoisotopic (exact) mass is 243 g/mol. The lowest BCUT2D eigenvalue weighted by molar-refractivity contribution is 0.0118. The lowest BCUT2D eigenvalue weighted by Crippen LogP contribution is -2.45. The Labute approximate surface area is 108 Å². The van der Waals surface area contributed by atoms with E-state index in [1.807, 2.05) is 0 Å². The van der Waals surface area contributed by atoms with Gasteiger partial charge in [0.2, 0.25) is 0 Å². The second-order valence-electron chi connectivity index (χ2n) is 4.98. The molecule has 0 atom stereocenters. The summed E-state index contributed by atoms with van der Waals surface area (Å²) in [6.07, 6.45) is 11.2. The number of hydrazine groups is 1. The van der Waals surface area contributed by atoms with Gasteiger partial charge in [0.25, 0.3) is 0 Å². The van der Waals surface area contributed by atoms with Crippen LogP contribution in [0.3, 0.4) is 0 Å². The molecule has 0 unspecified atom stereocenters. The Hall–Kier alpha value is -0.120. The van der Waals surface area contributed by atoms with Crippen molar-refractivity contribution in [1.82, 2.24) is 10.4 Å². The Bertz CT molecular complexity index is 164. The minimum Gasteiger partial charge on any atom is -0.379 e. The fourth-order valence-corrected chi connectivity index (χ4v) is 2.22. The smallest absolute Gasteiger partial charge is 0.379 e. The summed E-state index contributed by atoms with van der Waals surface area (Å²) in [6, 6.07) is 0. The van der Waals surface area contributed by atoms with E-state index in [-0.39, 0.29) is 1.43 Å². The van der Waals surface area contributed by atoms with E-state index in [0.29, 0.717) is 0 Å². The molecular weight excluding hydrogens is 212 g/mol. The van der Waals surface area contributed by atoms with Gasteiger partial charge < -0.3 is 4.74 Å². The number of nitrogens with zero attached hydrogens (tertiary/aromatic N) is 1. The topological polar surface area (TPSA) is 24.5 Å². The Balaban J connectivity index is 0.00000289. The molecule has 0 radical (unpaired) electrons. The van der Waals surface area contributed by atoms with Crippen molar-refractivity contribution in [3.05, 3.63) is 0 Å². The largest absolute Gasteiger partial charge is 1.00 e. The quantitative estimate of drug-likeness (QED) is 0.597. The fraction of sp³-hybridized carbons (Fsp3) is 1.00.